The van der Waals surface area contributed by atoms with Gasteiger partial charge in [0.05, 0.1) is 0 Å². The summed E-state index contributed by atoms with van der Waals surface area (Å²) in [4.78, 5) is 0. The standard InChI is InChI=1S/C8H14Ge/c1-3-6-9(2)7-4-5-8-9/h3-5H,1,6-8H2,2H3. The molecule has 0 saturated carbocycles. The molecule has 50 valence electrons. The SMILES string of the molecule is C=C[CH2][Ge]1([CH3])[CH2]C=C[CH2]1. The molecule has 0 radical (unpaired) electrons. The van der Waals surface area contributed by atoms with Crippen LogP contribution in [0.3, 0.4) is 0 Å². The minimum absolute atomic E-state index is 1.28. The molecule has 0 saturated heterocycles. The van der Waals surface area contributed by atoms with Gasteiger partial charge >= 0.3 is 59.6 Å². The van der Waals surface area contributed by atoms with Crippen LogP contribution in [-0.2, 0) is 0 Å². The van der Waals surface area contributed by atoms with Crippen LogP contribution >= 0.6 is 0 Å². The number of hydrogen-bond donors (Lipinski definition) is 0. The molecular formula is C8H14Ge. The fraction of sp³-hybridized carbons (Fsp3) is 0.500. The molecule has 9 heavy (non-hydrogen) atoms. The second-order valence-corrected chi connectivity index (χ2v) is 13.4. The Bertz CT molecular complexity index is 128. The Morgan fingerprint density at radius 3 is 2.56 bits per heavy atom. The first kappa shape index (κ1) is 7.13. The summed E-state index contributed by atoms with van der Waals surface area (Å²) in [5, 5.41) is 4.19. The Morgan fingerprint density at radius 2 is 2.11 bits per heavy atom. The molecule has 0 bridgehead atoms. The second kappa shape index (κ2) is 2.74. The van der Waals surface area contributed by atoms with Gasteiger partial charge in [-0.05, 0) is 0 Å². The molecule has 0 atom stereocenters. The van der Waals surface area contributed by atoms with Crippen LogP contribution in [0.15, 0.2) is 24.8 Å². The van der Waals surface area contributed by atoms with Gasteiger partial charge in [-0.1, -0.05) is 0 Å². The van der Waals surface area contributed by atoms with Gasteiger partial charge in [-0.2, -0.15) is 0 Å². The molecule has 0 unspecified atom stereocenters. The summed E-state index contributed by atoms with van der Waals surface area (Å²) < 4.78 is 0. The third-order valence-electron chi connectivity index (χ3n) is 2.03. The molecule has 0 fully saturated rings. The number of rotatable bonds is 2. The van der Waals surface area contributed by atoms with Crippen LogP contribution in [0, 0.1) is 0 Å². The van der Waals surface area contributed by atoms with E-state index in [-0.39, 0.29) is 0 Å². The Hall–Kier alpha value is 0.0229. The van der Waals surface area contributed by atoms with Crippen LogP contribution in [0.25, 0.3) is 0 Å². The summed E-state index contributed by atoms with van der Waals surface area (Å²) in [5.41, 5.74) is 0. The fourth-order valence-corrected chi connectivity index (χ4v) is 6.93. The summed E-state index contributed by atoms with van der Waals surface area (Å²) in [6, 6.07) is 0. The quantitative estimate of drug-likeness (QED) is 0.455. The predicted octanol–water partition coefficient (Wildman–Crippen LogP) is 2.82. The van der Waals surface area contributed by atoms with Gasteiger partial charge in [-0.25, -0.2) is 0 Å². The molecule has 1 aliphatic rings. The molecule has 1 heteroatoms. The topological polar surface area (TPSA) is 0 Å². The first-order chi connectivity index (χ1) is 4.27. The van der Waals surface area contributed by atoms with Crippen molar-refractivity contribution in [2.24, 2.45) is 0 Å². The average Bonchev–Trinajstić information content (AvgIpc) is 2.16. The van der Waals surface area contributed by atoms with E-state index in [0.717, 1.165) is 0 Å². The van der Waals surface area contributed by atoms with Crippen molar-refractivity contribution < 1.29 is 0 Å². The zero-order valence-corrected chi connectivity index (χ0v) is 8.16. The van der Waals surface area contributed by atoms with Crippen molar-refractivity contribution >= 4 is 13.3 Å². The number of hydrogen-bond acceptors (Lipinski definition) is 0. The van der Waals surface area contributed by atoms with Crippen molar-refractivity contribution in [2.45, 2.75) is 21.5 Å². The van der Waals surface area contributed by atoms with Crippen molar-refractivity contribution in [1.82, 2.24) is 0 Å². The summed E-state index contributed by atoms with van der Waals surface area (Å²) in [6.07, 6.45) is 6.81. The first-order valence-electron chi connectivity index (χ1n) is 3.53. The van der Waals surface area contributed by atoms with E-state index in [1.54, 1.807) is 0 Å². The van der Waals surface area contributed by atoms with Crippen molar-refractivity contribution in [3.63, 3.8) is 0 Å². The van der Waals surface area contributed by atoms with Gasteiger partial charge in [0.1, 0.15) is 0 Å². The van der Waals surface area contributed by atoms with Gasteiger partial charge in [0.15, 0.2) is 0 Å². The van der Waals surface area contributed by atoms with Gasteiger partial charge in [-0.15, -0.1) is 0 Å². The van der Waals surface area contributed by atoms with Gasteiger partial charge in [0, 0.05) is 0 Å². The van der Waals surface area contributed by atoms with Crippen molar-refractivity contribution in [3.05, 3.63) is 24.8 Å². The first-order valence-corrected chi connectivity index (χ1v) is 10.1. The summed E-state index contributed by atoms with van der Waals surface area (Å²) in [5.74, 6) is 2.50. The monoisotopic (exact) mass is 184 g/mol. The van der Waals surface area contributed by atoms with E-state index in [1.807, 2.05) is 0 Å². The Labute approximate surface area is 60.0 Å². The van der Waals surface area contributed by atoms with E-state index in [4.69, 9.17) is 0 Å². The van der Waals surface area contributed by atoms with Crippen LogP contribution in [0.4, 0.5) is 0 Å². The molecule has 0 nitrogen and oxygen atoms in total. The third kappa shape index (κ3) is 1.72. The van der Waals surface area contributed by atoms with E-state index >= 15 is 0 Å². The molecule has 0 N–H and O–H groups in total. The molecule has 0 aromatic rings. The second-order valence-electron chi connectivity index (χ2n) is 3.18. The summed E-state index contributed by atoms with van der Waals surface area (Å²) in [7, 11) is 0. The van der Waals surface area contributed by atoms with Gasteiger partial charge in [0.2, 0.25) is 0 Å². The molecular weight excluding hydrogens is 169 g/mol. The van der Waals surface area contributed by atoms with E-state index < -0.39 is 13.3 Å². The molecule has 0 aliphatic carbocycles. The Morgan fingerprint density at radius 1 is 1.56 bits per heavy atom. The van der Waals surface area contributed by atoms with E-state index in [1.165, 1.54) is 15.8 Å². The van der Waals surface area contributed by atoms with E-state index in [2.05, 4.69) is 30.6 Å². The van der Waals surface area contributed by atoms with Crippen molar-refractivity contribution in [2.75, 3.05) is 0 Å². The van der Waals surface area contributed by atoms with Crippen LogP contribution in [0.5, 0.6) is 0 Å². The Kier molecular flexibility index (Phi) is 2.17. The molecule has 0 aromatic carbocycles. The van der Waals surface area contributed by atoms with Gasteiger partial charge in [0.25, 0.3) is 0 Å². The minimum atomic E-state index is -1.28. The van der Waals surface area contributed by atoms with Crippen LogP contribution in [0.1, 0.15) is 0 Å². The molecule has 0 aromatic heterocycles. The van der Waals surface area contributed by atoms with Crippen molar-refractivity contribution in [1.29, 1.82) is 0 Å². The average molecular weight is 183 g/mol. The Balaban J connectivity index is 2.44. The normalized spacial score (nSPS) is 22.3. The zero-order chi connectivity index (χ0) is 6.74. The maximum absolute atomic E-state index is 3.79. The zero-order valence-electron chi connectivity index (χ0n) is 6.06. The maximum atomic E-state index is 3.79. The molecule has 1 aliphatic heterocycles. The third-order valence-corrected chi connectivity index (χ3v) is 9.82. The van der Waals surface area contributed by atoms with Crippen LogP contribution in [-0.4, -0.2) is 13.3 Å². The molecule has 1 rings (SSSR count). The number of allylic oxidation sites excluding steroid dienone is 3. The fourth-order valence-electron chi connectivity index (χ4n) is 1.33. The van der Waals surface area contributed by atoms with Gasteiger partial charge < -0.3 is 0 Å². The summed E-state index contributed by atoms with van der Waals surface area (Å²) in [6.45, 7) is 3.79. The summed E-state index contributed by atoms with van der Waals surface area (Å²) >= 11 is -1.28. The van der Waals surface area contributed by atoms with Gasteiger partial charge in [-0.3, -0.25) is 0 Å². The van der Waals surface area contributed by atoms with Crippen LogP contribution < -0.4 is 0 Å². The van der Waals surface area contributed by atoms with E-state index in [0.29, 0.717) is 0 Å². The van der Waals surface area contributed by atoms with E-state index in [9.17, 15) is 0 Å². The predicted molar refractivity (Wildman–Crippen MR) is 45.4 cm³/mol. The molecule has 0 spiro atoms. The van der Waals surface area contributed by atoms with Crippen molar-refractivity contribution in [3.8, 4) is 0 Å². The molecule has 0 amide bonds. The van der Waals surface area contributed by atoms with Crippen LogP contribution in [0.2, 0.25) is 21.5 Å². The molecule has 1 heterocycles.